The van der Waals surface area contributed by atoms with Gasteiger partial charge in [-0.15, -0.1) is 0 Å². The van der Waals surface area contributed by atoms with E-state index in [1.54, 1.807) is 0 Å². The number of allylic oxidation sites excluding steroid dienone is 1. The third-order valence-corrected chi connectivity index (χ3v) is 3.26. The van der Waals surface area contributed by atoms with Crippen LogP contribution in [0.2, 0.25) is 0 Å². The second kappa shape index (κ2) is 5.03. The smallest absolute Gasteiger partial charge is 0.308 e. The molecular weight excluding hydrogens is 200 g/mol. The van der Waals surface area contributed by atoms with Gasteiger partial charge in [0.2, 0.25) is 0 Å². The Morgan fingerprint density at radius 1 is 1.56 bits per heavy atom. The molecule has 0 bridgehead atoms. The number of carbonyl (C=O) groups is 1. The Balaban J connectivity index is 2.50. The van der Waals surface area contributed by atoms with Gasteiger partial charge in [0.15, 0.2) is 0 Å². The molecule has 0 aromatic rings. The lowest BCUT2D eigenvalue weighted by Gasteiger charge is -2.33. The zero-order valence-electron chi connectivity index (χ0n) is 11.2. The molecule has 0 amide bonds. The summed E-state index contributed by atoms with van der Waals surface area (Å²) in [7, 11) is 0. The van der Waals surface area contributed by atoms with E-state index in [-0.39, 0.29) is 11.9 Å². The maximum Gasteiger partial charge on any atom is 0.308 e. The minimum absolute atomic E-state index is 0.0315. The van der Waals surface area contributed by atoms with Gasteiger partial charge in [-0.25, -0.2) is 0 Å². The van der Waals surface area contributed by atoms with Crippen LogP contribution in [0.3, 0.4) is 0 Å². The predicted octanol–water partition coefficient (Wildman–Crippen LogP) is 3.57. The molecular formula is C14H24O2. The molecule has 0 unspecified atom stereocenters. The molecule has 0 aromatic heterocycles. The van der Waals surface area contributed by atoms with Crippen molar-refractivity contribution in [2.24, 2.45) is 17.3 Å². The second-order valence-corrected chi connectivity index (χ2v) is 6.01. The highest BCUT2D eigenvalue weighted by molar-refractivity contribution is 5.71. The van der Waals surface area contributed by atoms with Gasteiger partial charge < -0.3 is 4.74 Å². The molecule has 2 heteroatoms. The van der Waals surface area contributed by atoms with Crippen molar-refractivity contribution in [3.05, 3.63) is 11.6 Å². The van der Waals surface area contributed by atoms with Crippen molar-refractivity contribution in [3.8, 4) is 0 Å². The number of carbonyl (C=O) groups excluding carboxylic acids is 1. The van der Waals surface area contributed by atoms with E-state index in [2.05, 4.69) is 26.8 Å². The Hall–Kier alpha value is -0.790. The van der Waals surface area contributed by atoms with Crippen LogP contribution in [0, 0.1) is 17.3 Å². The van der Waals surface area contributed by atoms with Gasteiger partial charge in [0.1, 0.15) is 6.61 Å². The van der Waals surface area contributed by atoms with Crippen LogP contribution >= 0.6 is 0 Å². The fourth-order valence-corrected chi connectivity index (χ4v) is 2.17. The van der Waals surface area contributed by atoms with E-state index in [0.717, 1.165) is 6.42 Å². The Labute approximate surface area is 99.1 Å². The average molecular weight is 224 g/mol. The van der Waals surface area contributed by atoms with Gasteiger partial charge in [0.05, 0.1) is 5.92 Å². The summed E-state index contributed by atoms with van der Waals surface area (Å²) in [6.45, 7) is 11.0. The molecule has 0 aromatic carbocycles. The van der Waals surface area contributed by atoms with Gasteiger partial charge >= 0.3 is 5.97 Å². The second-order valence-electron chi connectivity index (χ2n) is 6.01. The van der Waals surface area contributed by atoms with E-state index >= 15 is 0 Å². The van der Waals surface area contributed by atoms with Gasteiger partial charge in [0.25, 0.3) is 0 Å². The molecule has 1 aliphatic carbocycles. The summed E-state index contributed by atoms with van der Waals surface area (Å²) in [5.41, 5.74) is 1.68. The van der Waals surface area contributed by atoms with Crippen LogP contribution in [-0.2, 0) is 9.53 Å². The van der Waals surface area contributed by atoms with Crippen LogP contribution < -0.4 is 0 Å². The summed E-state index contributed by atoms with van der Waals surface area (Å²) in [4.78, 5) is 11.4. The highest BCUT2D eigenvalue weighted by atomic mass is 16.5. The molecule has 0 aliphatic heterocycles. The SMILES string of the molecule is CC(C)C(=O)OCC1=CCC(C)(C)C[C@H]1C. The molecule has 1 aliphatic rings. The monoisotopic (exact) mass is 224 g/mol. The van der Waals surface area contributed by atoms with Gasteiger partial charge in [-0.2, -0.15) is 0 Å². The van der Waals surface area contributed by atoms with Crippen LogP contribution in [0.15, 0.2) is 11.6 Å². The topological polar surface area (TPSA) is 26.3 Å². The first-order valence-corrected chi connectivity index (χ1v) is 6.17. The van der Waals surface area contributed by atoms with Crippen molar-refractivity contribution in [3.63, 3.8) is 0 Å². The third-order valence-electron chi connectivity index (χ3n) is 3.26. The summed E-state index contributed by atoms with van der Waals surface area (Å²) in [5.74, 6) is 0.401. The Morgan fingerprint density at radius 3 is 2.69 bits per heavy atom. The van der Waals surface area contributed by atoms with Crippen molar-refractivity contribution < 1.29 is 9.53 Å². The fraction of sp³-hybridized carbons (Fsp3) is 0.786. The quantitative estimate of drug-likeness (QED) is 0.541. The van der Waals surface area contributed by atoms with Crippen molar-refractivity contribution in [1.29, 1.82) is 0 Å². The molecule has 2 nitrogen and oxygen atoms in total. The fourth-order valence-electron chi connectivity index (χ4n) is 2.17. The van der Waals surface area contributed by atoms with Gasteiger partial charge in [-0.3, -0.25) is 4.79 Å². The first-order chi connectivity index (χ1) is 7.32. The lowest BCUT2D eigenvalue weighted by atomic mass is 9.73. The molecule has 0 N–H and O–H groups in total. The molecule has 0 fully saturated rings. The lowest BCUT2D eigenvalue weighted by molar-refractivity contribution is -0.146. The molecule has 92 valence electrons. The van der Waals surface area contributed by atoms with Crippen molar-refractivity contribution in [2.45, 2.75) is 47.5 Å². The minimum Gasteiger partial charge on any atom is -0.461 e. The summed E-state index contributed by atoms with van der Waals surface area (Å²) >= 11 is 0. The van der Waals surface area contributed by atoms with Gasteiger partial charge in [-0.05, 0) is 29.7 Å². The first-order valence-electron chi connectivity index (χ1n) is 6.17. The Kier molecular flexibility index (Phi) is 4.17. The normalized spacial score (nSPS) is 24.1. The first kappa shape index (κ1) is 13.3. The average Bonchev–Trinajstić information content (AvgIpc) is 2.14. The molecule has 0 heterocycles. The molecule has 0 spiro atoms. The number of hydrogen-bond acceptors (Lipinski definition) is 2. The lowest BCUT2D eigenvalue weighted by Crippen LogP contribution is -2.24. The van der Waals surface area contributed by atoms with Crippen molar-refractivity contribution in [1.82, 2.24) is 0 Å². The van der Waals surface area contributed by atoms with Gasteiger partial charge in [-0.1, -0.05) is 40.7 Å². The number of rotatable bonds is 3. The van der Waals surface area contributed by atoms with Crippen LogP contribution in [0.1, 0.15) is 47.5 Å². The van der Waals surface area contributed by atoms with E-state index in [1.165, 1.54) is 12.0 Å². The Bertz CT molecular complexity index is 287. The summed E-state index contributed by atoms with van der Waals surface area (Å²) in [6, 6.07) is 0. The maximum atomic E-state index is 11.4. The molecule has 0 saturated heterocycles. The van der Waals surface area contributed by atoms with Gasteiger partial charge in [0, 0.05) is 0 Å². The van der Waals surface area contributed by atoms with E-state index < -0.39 is 0 Å². The van der Waals surface area contributed by atoms with E-state index in [9.17, 15) is 4.79 Å². The highest BCUT2D eigenvalue weighted by Crippen LogP contribution is 2.37. The predicted molar refractivity (Wildman–Crippen MR) is 66.1 cm³/mol. The standard InChI is InChI=1S/C14H24O2/c1-10(2)13(15)16-9-12-6-7-14(4,5)8-11(12)3/h6,10-11H,7-9H2,1-5H3/t11-/m1/s1. The molecule has 1 atom stereocenters. The summed E-state index contributed by atoms with van der Waals surface area (Å²) in [5, 5.41) is 0. The minimum atomic E-state index is -0.0991. The highest BCUT2D eigenvalue weighted by Gasteiger charge is 2.27. The number of esters is 1. The zero-order chi connectivity index (χ0) is 12.3. The summed E-state index contributed by atoms with van der Waals surface area (Å²) < 4.78 is 5.27. The van der Waals surface area contributed by atoms with Crippen LogP contribution in [0.25, 0.3) is 0 Å². The molecule has 16 heavy (non-hydrogen) atoms. The van der Waals surface area contributed by atoms with E-state index in [4.69, 9.17) is 4.74 Å². The molecule has 1 rings (SSSR count). The zero-order valence-corrected chi connectivity index (χ0v) is 11.2. The van der Waals surface area contributed by atoms with E-state index in [1.807, 2.05) is 13.8 Å². The third kappa shape index (κ3) is 3.66. The Morgan fingerprint density at radius 2 is 2.19 bits per heavy atom. The van der Waals surface area contributed by atoms with Crippen LogP contribution in [0.5, 0.6) is 0 Å². The van der Waals surface area contributed by atoms with Crippen LogP contribution in [-0.4, -0.2) is 12.6 Å². The van der Waals surface area contributed by atoms with Crippen molar-refractivity contribution >= 4 is 5.97 Å². The van der Waals surface area contributed by atoms with Crippen LogP contribution in [0.4, 0.5) is 0 Å². The number of hydrogen-bond donors (Lipinski definition) is 0. The number of ether oxygens (including phenoxy) is 1. The summed E-state index contributed by atoms with van der Waals surface area (Å²) in [6.07, 6.45) is 4.52. The molecule has 0 saturated carbocycles. The molecule has 0 radical (unpaired) electrons. The van der Waals surface area contributed by atoms with Crippen molar-refractivity contribution in [2.75, 3.05) is 6.61 Å². The largest absolute Gasteiger partial charge is 0.461 e. The van der Waals surface area contributed by atoms with E-state index in [0.29, 0.717) is 17.9 Å². The maximum absolute atomic E-state index is 11.4.